The van der Waals surface area contributed by atoms with Gasteiger partial charge in [0.2, 0.25) is 0 Å². The number of hydrogen-bond donors (Lipinski definition) is 1. The summed E-state index contributed by atoms with van der Waals surface area (Å²) >= 11 is 0. The van der Waals surface area contributed by atoms with Crippen LogP contribution in [0.1, 0.15) is 111 Å². The molecule has 1 N–H and O–H groups in total. The molecule has 0 aliphatic rings. The van der Waals surface area contributed by atoms with E-state index in [1.165, 1.54) is 5.56 Å². The van der Waals surface area contributed by atoms with E-state index in [9.17, 15) is 5.11 Å². The molecule has 8 aromatic rings. The van der Waals surface area contributed by atoms with E-state index in [1.807, 2.05) is 26.1 Å². The third-order valence-electron chi connectivity index (χ3n) is 12.1. The molecule has 0 saturated carbocycles. The van der Waals surface area contributed by atoms with Crippen LogP contribution >= 0.6 is 0 Å². The largest absolute Gasteiger partial charge is 0.507 e. The van der Waals surface area contributed by atoms with Crippen LogP contribution in [0.3, 0.4) is 0 Å². The number of fused-ring (bicyclic) bond motifs is 1. The predicted molar refractivity (Wildman–Crippen MR) is 263 cm³/mol. The lowest BCUT2D eigenvalue weighted by Crippen LogP contribution is -2.17. The van der Waals surface area contributed by atoms with Gasteiger partial charge >= 0.3 is 0 Å². The molecule has 6 aromatic carbocycles. The van der Waals surface area contributed by atoms with Crippen molar-refractivity contribution in [3.63, 3.8) is 0 Å². The van der Waals surface area contributed by atoms with Crippen LogP contribution in [0.4, 0.5) is 0 Å². The quantitative estimate of drug-likeness (QED) is 0.174. The van der Waals surface area contributed by atoms with E-state index < -0.39 is 5.89 Å². The van der Waals surface area contributed by atoms with Crippen molar-refractivity contribution in [1.82, 2.24) is 14.5 Å². The van der Waals surface area contributed by atoms with Crippen molar-refractivity contribution in [2.24, 2.45) is 0 Å². The zero-order valence-corrected chi connectivity index (χ0v) is 38.6. The fraction of sp³-hybridized carbons (Fsp3) is 0.276. The molecule has 0 spiro atoms. The van der Waals surface area contributed by atoms with E-state index in [1.54, 1.807) is 0 Å². The van der Waals surface area contributed by atoms with Crippen molar-refractivity contribution in [2.75, 3.05) is 0 Å². The van der Waals surface area contributed by atoms with Gasteiger partial charge in [0.25, 0.3) is 0 Å². The van der Waals surface area contributed by atoms with Crippen molar-refractivity contribution in [2.45, 2.75) is 105 Å². The summed E-state index contributed by atoms with van der Waals surface area (Å²) in [6, 6.07) is 47.3. The molecule has 2 aromatic heterocycles. The molecule has 8 rings (SSSR count). The molecule has 0 bridgehead atoms. The average molecular weight is 817 g/mol. The second-order valence-corrected chi connectivity index (χ2v) is 20.3. The summed E-state index contributed by atoms with van der Waals surface area (Å²) in [5, 5.41) is 12.4. The van der Waals surface area contributed by atoms with E-state index in [4.69, 9.17) is 11.3 Å². The summed E-state index contributed by atoms with van der Waals surface area (Å²) in [4.78, 5) is 10.6. The van der Waals surface area contributed by atoms with Crippen molar-refractivity contribution < 1.29 is 6.48 Å². The molecule has 62 heavy (non-hydrogen) atoms. The Morgan fingerprint density at radius 3 is 1.89 bits per heavy atom. The Labute approximate surface area is 370 Å². The first-order valence-electron chi connectivity index (χ1n) is 22.4. The first kappa shape index (κ1) is 41.1. The Kier molecular flexibility index (Phi) is 10.5. The van der Waals surface area contributed by atoms with Gasteiger partial charge in [0, 0.05) is 29.9 Å². The number of aryl methyl sites for hydroxylation is 1. The van der Waals surface area contributed by atoms with Crippen LogP contribution in [-0.4, -0.2) is 19.6 Å². The molecule has 0 atom stereocenters. The van der Waals surface area contributed by atoms with Crippen molar-refractivity contribution in [3.8, 4) is 67.5 Å². The molecule has 0 unspecified atom stereocenters. The molecule has 0 aliphatic carbocycles. The molecule has 0 radical (unpaired) electrons. The smallest absolute Gasteiger partial charge is 0.149 e. The minimum atomic E-state index is -0.664. The first-order chi connectivity index (χ1) is 29.6. The van der Waals surface area contributed by atoms with E-state index in [-0.39, 0.29) is 22.0 Å². The fourth-order valence-electron chi connectivity index (χ4n) is 8.40. The molecular weight excluding hydrogens is 755 g/mol. The number of nitrogens with zero attached hydrogens (tertiary/aromatic N) is 3. The number of rotatable bonds is 7. The molecule has 314 valence electrons. The Morgan fingerprint density at radius 2 is 1.23 bits per heavy atom. The molecule has 0 fully saturated rings. The van der Waals surface area contributed by atoms with Crippen molar-refractivity contribution in [1.29, 1.82) is 0 Å². The number of aromatic hydroxyl groups is 1. The highest BCUT2D eigenvalue weighted by molar-refractivity contribution is 5.97. The van der Waals surface area contributed by atoms with Gasteiger partial charge in [0.05, 0.1) is 22.3 Å². The van der Waals surface area contributed by atoms with Gasteiger partial charge < -0.3 is 5.11 Å². The van der Waals surface area contributed by atoms with Crippen molar-refractivity contribution >= 4 is 11.0 Å². The van der Waals surface area contributed by atoms with E-state index in [2.05, 4.69) is 201 Å². The number of hydrogen-bond acceptors (Lipinski definition) is 3. The maximum absolute atomic E-state index is 12.4. The van der Waals surface area contributed by atoms with Gasteiger partial charge in [0.1, 0.15) is 11.6 Å². The maximum Gasteiger partial charge on any atom is 0.149 e. The summed E-state index contributed by atoms with van der Waals surface area (Å²) in [6.45, 7) is 25.9. The van der Waals surface area contributed by atoms with Gasteiger partial charge in [-0.1, -0.05) is 161 Å². The van der Waals surface area contributed by atoms with Crippen LogP contribution in [0.5, 0.6) is 5.75 Å². The number of imidazole rings is 1. The molecule has 0 saturated heterocycles. The highest BCUT2D eigenvalue weighted by atomic mass is 16.3. The normalized spacial score (nSPS) is 12.8. The SMILES string of the molecule is [2H]C(C)(C)c1ccc(-c2ccnc(-c3cc(-c4cccc5c4nc(-c4cc(C(C)(C)C)cc(C(C)(C)C)c4O)n5-c4cc(C)cc(-c5ccccc5)c4)cc(C(C)(C)C)c3)c2)cc1. The average Bonchev–Trinajstić information content (AvgIpc) is 3.62. The molecule has 4 heteroatoms. The number of phenolic OH excluding ortho intramolecular Hbond substituents is 1. The zero-order chi connectivity index (χ0) is 45.2. The summed E-state index contributed by atoms with van der Waals surface area (Å²) < 4.78 is 10.7. The molecule has 4 nitrogen and oxygen atoms in total. The third-order valence-corrected chi connectivity index (χ3v) is 12.1. The van der Waals surface area contributed by atoms with Gasteiger partial charge in [-0.15, -0.1) is 0 Å². The highest BCUT2D eigenvalue weighted by Crippen LogP contribution is 2.45. The topological polar surface area (TPSA) is 50.9 Å². The second kappa shape index (κ2) is 15.9. The summed E-state index contributed by atoms with van der Waals surface area (Å²) in [5.41, 5.74) is 16.6. The zero-order valence-electron chi connectivity index (χ0n) is 39.6. The molecule has 0 aliphatic heterocycles. The highest BCUT2D eigenvalue weighted by Gasteiger charge is 2.29. The minimum Gasteiger partial charge on any atom is -0.507 e. The fourth-order valence-corrected chi connectivity index (χ4v) is 8.40. The number of benzene rings is 6. The van der Waals surface area contributed by atoms with Crippen molar-refractivity contribution in [3.05, 3.63) is 167 Å². The summed E-state index contributed by atoms with van der Waals surface area (Å²) in [5.74, 6) is 0.283. The lowest BCUT2D eigenvalue weighted by Gasteiger charge is -2.27. The Bertz CT molecular complexity index is 2980. The standard InChI is InChI=1S/C58H61N3O/c1-36(2)38-21-23-40(24-22-38)41-25-26-59-51(33-41)44-29-43(30-45(31-44)56(4,5)6)48-19-16-20-52-53(48)60-55(49-34-46(57(7,8)9)35-50(54(49)62)58(10,11)12)61(52)47-28-37(3)27-42(32-47)39-17-14-13-15-18-39/h13-36,62H,1-12H3/i36D. The van der Waals surface area contributed by atoms with Crippen LogP contribution in [0.15, 0.2) is 140 Å². The Morgan fingerprint density at radius 1 is 0.565 bits per heavy atom. The molecule has 2 heterocycles. The lowest BCUT2D eigenvalue weighted by molar-refractivity contribution is 0.446. The lowest BCUT2D eigenvalue weighted by atomic mass is 9.79. The molecule has 0 amide bonds. The second-order valence-electron chi connectivity index (χ2n) is 20.3. The maximum atomic E-state index is 12.4. The van der Waals surface area contributed by atoms with E-state index >= 15 is 0 Å². The Balaban J connectivity index is 1.39. The van der Waals surface area contributed by atoms with E-state index in [0.717, 1.165) is 83.6 Å². The monoisotopic (exact) mass is 816 g/mol. The van der Waals surface area contributed by atoms with Gasteiger partial charge in [-0.05, 0) is 128 Å². The van der Waals surface area contributed by atoms with Gasteiger partial charge in [-0.2, -0.15) is 0 Å². The first-order valence-corrected chi connectivity index (χ1v) is 21.9. The van der Waals surface area contributed by atoms with Gasteiger partial charge in [-0.3, -0.25) is 9.55 Å². The number of pyridine rings is 1. The van der Waals surface area contributed by atoms with Crippen LogP contribution in [0, 0.1) is 6.92 Å². The third kappa shape index (κ3) is 8.36. The van der Waals surface area contributed by atoms with Crippen LogP contribution < -0.4 is 0 Å². The number of para-hydroxylation sites is 1. The van der Waals surface area contributed by atoms with Crippen LogP contribution in [0.2, 0.25) is 0 Å². The van der Waals surface area contributed by atoms with Gasteiger partial charge in [-0.25, -0.2) is 4.98 Å². The minimum absolute atomic E-state index is 0.155. The van der Waals surface area contributed by atoms with E-state index in [0.29, 0.717) is 11.4 Å². The predicted octanol–water partition coefficient (Wildman–Crippen LogP) is 15.8. The van der Waals surface area contributed by atoms with Crippen LogP contribution in [-0.2, 0) is 16.2 Å². The van der Waals surface area contributed by atoms with Gasteiger partial charge in [0.15, 0.2) is 0 Å². The molecular formula is C58H61N3O. The summed E-state index contributed by atoms with van der Waals surface area (Å²) in [7, 11) is 0. The Hall–Kier alpha value is -6.26. The summed E-state index contributed by atoms with van der Waals surface area (Å²) in [6.07, 6.45) is 1.89. The number of aromatic nitrogens is 3. The van der Waals surface area contributed by atoms with Crippen LogP contribution in [0.25, 0.3) is 72.7 Å². The number of phenols is 1.